The Morgan fingerprint density at radius 1 is 1.89 bits per heavy atom. The predicted octanol–water partition coefficient (Wildman–Crippen LogP) is 1.13. The van der Waals surface area contributed by atoms with Crippen LogP contribution in [0, 0.1) is 0 Å². The van der Waals surface area contributed by atoms with E-state index < -0.39 is 0 Å². The van der Waals surface area contributed by atoms with E-state index in [-0.39, 0.29) is 28.3 Å². The van der Waals surface area contributed by atoms with E-state index in [0.717, 1.165) is 0 Å². The Labute approximate surface area is 63.5 Å². The van der Waals surface area contributed by atoms with Crippen molar-refractivity contribution < 1.29 is 7.85 Å². The number of pyridine rings is 1. The number of aromatic nitrogens is 1. The van der Waals surface area contributed by atoms with Gasteiger partial charge < -0.3 is 10.8 Å². The van der Waals surface area contributed by atoms with E-state index in [1.165, 1.54) is 0 Å². The molecule has 1 heterocycles. The summed E-state index contributed by atoms with van der Waals surface area (Å²) in [7, 11) is 0. The molecule has 0 aliphatic rings. The van der Waals surface area contributed by atoms with Crippen LogP contribution in [0.1, 0.15) is 2.74 Å². The Balaban J connectivity index is 3.46. The summed E-state index contributed by atoms with van der Waals surface area (Å²) >= 11 is 2.90. The molecule has 0 bridgehead atoms. The second-order valence-corrected chi connectivity index (χ2v) is 2.19. The van der Waals surface area contributed by atoms with Crippen molar-refractivity contribution in [2.24, 2.45) is 0 Å². The largest absolute Gasteiger partial charge is 0.492 e. The van der Waals surface area contributed by atoms with E-state index in [1.54, 1.807) is 0 Å². The van der Waals surface area contributed by atoms with Crippen LogP contribution in [-0.2, 0) is 0 Å². The third-order valence-electron chi connectivity index (χ3n) is 0.723. The second-order valence-electron chi connectivity index (χ2n) is 1.40. The molecule has 0 aliphatic heterocycles. The van der Waals surface area contributed by atoms with Crippen LogP contribution in [0.2, 0.25) is 0 Å². The first kappa shape index (κ1) is 4.11. The Hall–Kier alpha value is -0.770. The SMILES string of the molecule is [2H]c1nc(O)c(Br)c([2H])c1N. The molecule has 1 aromatic rings. The van der Waals surface area contributed by atoms with Crippen molar-refractivity contribution in [3.8, 4) is 5.88 Å². The van der Waals surface area contributed by atoms with Gasteiger partial charge in [0.1, 0.15) is 0 Å². The lowest BCUT2D eigenvalue weighted by Gasteiger charge is -1.94. The van der Waals surface area contributed by atoms with Gasteiger partial charge in [-0.1, -0.05) is 0 Å². The van der Waals surface area contributed by atoms with Crippen molar-refractivity contribution in [2.45, 2.75) is 0 Å². The molecule has 0 aliphatic carbocycles. The molecular weight excluding hydrogens is 184 g/mol. The summed E-state index contributed by atoms with van der Waals surface area (Å²) in [6.45, 7) is 0. The number of hydrogen-bond acceptors (Lipinski definition) is 3. The maximum Gasteiger partial charge on any atom is 0.225 e. The van der Waals surface area contributed by atoms with E-state index in [1.807, 2.05) is 0 Å². The molecule has 0 amide bonds. The van der Waals surface area contributed by atoms with Gasteiger partial charge in [0.2, 0.25) is 5.88 Å². The van der Waals surface area contributed by atoms with E-state index in [4.69, 9.17) is 13.6 Å². The van der Waals surface area contributed by atoms with Gasteiger partial charge >= 0.3 is 0 Å². The first-order chi connectivity index (χ1) is 5.04. The number of rotatable bonds is 0. The molecule has 0 fully saturated rings. The Bertz CT molecular complexity index is 279. The van der Waals surface area contributed by atoms with Gasteiger partial charge in [-0.05, 0) is 22.0 Å². The third kappa shape index (κ3) is 1.32. The number of anilines is 1. The van der Waals surface area contributed by atoms with Gasteiger partial charge in [0.05, 0.1) is 19.1 Å². The highest BCUT2D eigenvalue weighted by Gasteiger charge is 1.96. The van der Waals surface area contributed by atoms with Gasteiger partial charge in [0.15, 0.2) is 0 Å². The van der Waals surface area contributed by atoms with Crippen molar-refractivity contribution in [3.63, 3.8) is 0 Å². The quantitative estimate of drug-likeness (QED) is 0.646. The number of aromatic hydroxyl groups is 1. The Morgan fingerprint density at radius 2 is 2.56 bits per heavy atom. The number of hydrogen-bond donors (Lipinski definition) is 2. The molecule has 4 heteroatoms. The molecule has 3 N–H and O–H groups in total. The van der Waals surface area contributed by atoms with Crippen LogP contribution in [-0.4, -0.2) is 10.1 Å². The van der Waals surface area contributed by atoms with Crippen LogP contribution in [0.25, 0.3) is 0 Å². The van der Waals surface area contributed by atoms with Crippen molar-refractivity contribution in [1.82, 2.24) is 4.98 Å². The summed E-state index contributed by atoms with van der Waals surface area (Å²) in [5.41, 5.74) is 5.23. The third-order valence-corrected chi connectivity index (χ3v) is 1.28. The second kappa shape index (κ2) is 2.23. The zero-order chi connectivity index (χ0) is 8.59. The summed E-state index contributed by atoms with van der Waals surface area (Å²) in [6, 6.07) is -0.109. The number of nitrogen functional groups attached to an aromatic ring is 1. The molecule has 1 rings (SSSR count). The van der Waals surface area contributed by atoms with Crippen LogP contribution < -0.4 is 5.73 Å². The first-order valence-electron chi connectivity index (χ1n) is 3.15. The minimum Gasteiger partial charge on any atom is -0.492 e. The molecule has 9 heavy (non-hydrogen) atoms. The van der Waals surface area contributed by atoms with Crippen molar-refractivity contribution in [1.29, 1.82) is 0 Å². The first-order valence-corrected chi connectivity index (χ1v) is 2.94. The zero-order valence-electron chi connectivity index (χ0n) is 6.35. The standard InChI is InChI=1S/C5H5BrN2O/c6-4-1-3(7)2-8-5(4)9/h1-2H,7H2,(H,8,9)/i1D,2D. The molecule has 0 saturated heterocycles. The van der Waals surface area contributed by atoms with Crippen LogP contribution >= 0.6 is 15.9 Å². The Kier molecular flexibility index (Phi) is 1.02. The highest BCUT2D eigenvalue weighted by atomic mass is 79.9. The fourth-order valence-corrected chi connectivity index (χ4v) is 0.667. The van der Waals surface area contributed by atoms with Gasteiger partial charge in [-0.3, -0.25) is 0 Å². The zero-order valence-corrected chi connectivity index (χ0v) is 5.94. The number of halogens is 1. The van der Waals surface area contributed by atoms with Crippen molar-refractivity contribution in [3.05, 3.63) is 16.7 Å². The summed E-state index contributed by atoms with van der Waals surface area (Å²) in [6.07, 6.45) is -0.282. The minimum absolute atomic E-state index is 0.0466. The number of nitrogens with two attached hydrogens (primary N) is 1. The van der Waals surface area contributed by atoms with Crippen LogP contribution in [0.4, 0.5) is 5.69 Å². The maximum absolute atomic E-state index is 8.95. The van der Waals surface area contributed by atoms with Gasteiger partial charge in [-0.15, -0.1) is 0 Å². The lowest BCUT2D eigenvalue weighted by atomic mass is 10.4. The van der Waals surface area contributed by atoms with Crippen molar-refractivity contribution >= 4 is 21.6 Å². The fraction of sp³-hybridized carbons (Fsp3) is 0. The lowest BCUT2D eigenvalue weighted by Crippen LogP contribution is -1.85. The summed E-state index contributed by atoms with van der Waals surface area (Å²) < 4.78 is 14.4. The van der Waals surface area contributed by atoms with Gasteiger partial charge in [0, 0.05) is 0 Å². The van der Waals surface area contributed by atoms with Gasteiger partial charge in [0.25, 0.3) is 0 Å². The van der Waals surface area contributed by atoms with E-state index in [2.05, 4.69) is 20.9 Å². The van der Waals surface area contributed by atoms with E-state index in [9.17, 15) is 0 Å². The average molecular weight is 191 g/mol. The topological polar surface area (TPSA) is 59.1 Å². The van der Waals surface area contributed by atoms with Crippen LogP contribution in [0.5, 0.6) is 5.88 Å². The smallest absolute Gasteiger partial charge is 0.225 e. The van der Waals surface area contributed by atoms with Crippen molar-refractivity contribution in [2.75, 3.05) is 5.73 Å². The predicted molar refractivity (Wildman–Crippen MR) is 38.0 cm³/mol. The normalized spacial score (nSPS) is 12.6. The average Bonchev–Trinajstić information content (AvgIpc) is 1.97. The molecule has 0 atom stereocenters. The van der Waals surface area contributed by atoms with Gasteiger partial charge in [-0.2, -0.15) is 0 Å². The van der Waals surface area contributed by atoms with E-state index in [0.29, 0.717) is 0 Å². The van der Waals surface area contributed by atoms with Crippen LogP contribution in [0.3, 0.4) is 0 Å². The molecule has 0 spiro atoms. The highest BCUT2D eigenvalue weighted by molar-refractivity contribution is 9.10. The molecule has 0 aromatic carbocycles. The molecule has 1 aromatic heterocycles. The fourth-order valence-electron chi connectivity index (χ4n) is 0.364. The molecule has 3 nitrogen and oxygen atoms in total. The van der Waals surface area contributed by atoms with Crippen LogP contribution in [0.15, 0.2) is 16.7 Å². The summed E-state index contributed by atoms with van der Waals surface area (Å²) in [5, 5.41) is 8.95. The minimum atomic E-state index is -0.380. The Morgan fingerprint density at radius 3 is 3.22 bits per heavy atom. The summed E-state index contributed by atoms with van der Waals surface area (Å²) in [4.78, 5) is 3.36. The highest BCUT2D eigenvalue weighted by Crippen LogP contribution is 2.21. The molecule has 48 valence electrons. The number of nitrogens with zero attached hydrogens (tertiary/aromatic N) is 1. The molecule has 0 saturated carbocycles. The van der Waals surface area contributed by atoms with E-state index >= 15 is 0 Å². The lowest BCUT2D eigenvalue weighted by molar-refractivity contribution is 0.450. The summed E-state index contributed by atoms with van der Waals surface area (Å²) in [5.74, 6) is -0.380. The molecular formula is C5H5BrN2O. The van der Waals surface area contributed by atoms with Gasteiger partial charge in [-0.25, -0.2) is 4.98 Å². The molecule has 0 radical (unpaired) electrons. The molecule has 0 unspecified atom stereocenters. The maximum atomic E-state index is 8.95. The monoisotopic (exact) mass is 190 g/mol.